The zero-order valence-electron chi connectivity index (χ0n) is 22.4. The van der Waals surface area contributed by atoms with Crippen LogP contribution in [0.25, 0.3) is 0 Å². The zero-order chi connectivity index (χ0) is 29.3. The van der Waals surface area contributed by atoms with Crippen LogP contribution < -0.4 is 21.3 Å². The van der Waals surface area contributed by atoms with E-state index in [1.54, 1.807) is 62.0 Å². The summed E-state index contributed by atoms with van der Waals surface area (Å²) >= 11 is 0. The molecule has 40 heavy (non-hydrogen) atoms. The Balaban J connectivity index is 1.43. The summed E-state index contributed by atoms with van der Waals surface area (Å²) in [7, 11) is 6.51. The van der Waals surface area contributed by atoms with Crippen molar-refractivity contribution < 1.29 is 29.1 Å². The van der Waals surface area contributed by atoms with Gasteiger partial charge < -0.3 is 44.6 Å². The lowest BCUT2D eigenvalue weighted by Crippen LogP contribution is -2.15. The Morgan fingerprint density at radius 1 is 0.525 bits per heavy atom. The average molecular weight is 549 g/mol. The lowest BCUT2D eigenvalue weighted by molar-refractivity contribution is -0.114. The molecule has 5 N–H and O–H groups in total. The third-order valence-electron chi connectivity index (χ3n) is 6.03. The molecule has 0 aliphatic rings. The van der Waals surface area contributed by atoms with Gasteiger partial charge in [0.2, 0.25) is 5.91 Å². The quantitative estimate of drug-likeness (QED) is 0.226. The summed E-state index contributed by atoms with van der Waals surface area (Å²) < 4.78 is 6.03. The molecule has 4 heterocycles. The summed E-state index contributed by atoms with van der Waals surface area (Å²) in [4.78, 5) is 61.1. The molecule has 0 radical (unpaired) electrons. The number of aromatic nitrogens is 4. The van der Waals surface area contributed by atoms with Crippen LogP contribution in [0.15, 0.2) is 49.1 Å². The number of amides is 4. The van der Waals surface area contributed by atoms with Crippen molar-refractivity contribution in [2.75, 3.05) is 21.3 Å². The fourth-order valence-corrected chi connectivity index (χ4v) is 4.21. The van der Waals surface area contributed by atoms with E-state index in [1.807, 2.05) is 0 Å². The highest BCUT2D eigenvalue weighted by Crippen LogP contribution is 2.21. The van der Waals surface area contributed by atoms with Gasteiger partial charge in [-0.2, -0.15) is 0 Å². The molecule has 0 aliphatic carbocycles. The molecule has 0 aliphatic heterocycles. The van der Waals surface area contributed by atoms with Crippen LogP contribution in [-0.2, 0) is 33.0 Å². The molecule has 0 atom stereocenters. The lowest BCUT2D eigenvalue weighted by Gasteiger charge is -2.03. The van der Waals surface area contributed by atoms with E-state index in [9.17, 15) is 29.1 Å². The number of aromatic carboxylic acids is 1. The van der Waals surface area contributed by atoms with E-state index in [2.05, 4.69) is 21.3 Å². The highest BCUT2D eigenvalue weighted by Gasteiger charge is 2.19. The number of carbonyl (C=O) groups excluding carboxylic acids is 4. The van der Waals surface area contributed by atoms with Gasteiger partial charge in [0.05, 0.1) is 22.7 Å². The number of carbonyl (C=O) groups is 5. The number of hydrogen-bond donors (Lipinski definition) is 5. The van der Waals surface area contributed by atoms with Crippen molar-refractivity contribution in [2.24, 2.45) is 28.2 Å². The van der Waals surface area contributed by atoms with Crippen molar-refractivity contribution in [1.82, 2.24) is 18.3 Å². The number of rotatable bonds is 8. The van der Waals surface area contributed by atoms with Gasteiger partial charge in [0.25, 0.3) is 17.7 Å². The van der Waals surface area contributed by atoms with E-state index in [0.29, 0.717) is 28.4 Å². The number of nitrogens with one attached hydrogen (secondary N) is 4. The lowest BCUT2D eigenvalue weighted by atomic mass is 10.3. The van der Waals surface area contributed by atoms with Gasteiger partial charge in [-0.15, -0.1) is 0 Å². The van der Waals surface area contributed by atoms with E-state index in [0.717, 1.165) is 0 Å². The molecule has 0 aromatic carbocycles. The molecule has 0 saturated carbocycles. The van der Waals surface area contributed by atoms with Crippen LogP contribution in [0.5, 0.6) is 0 Å². The number of carboxylic acid groups (broad SMARTS) is 1. The second-order valence-electron chi connectivity index (χ2n) is 9.25. The molecule has 0 fully saturated rings. The van der Waals surface area contributed by atoms with Gasteiger partial charge in [-0.05, 0) is 24.3 Å². The Labute approximate surface area is 228 Å². The van der Waals surface area contributed by atoms with Crippen molar-refractivity contribution in [3.63, 3.8) is 0 Å². The summed E-state index contributed by atoms with van der Waals surface area (Å²) in [5, 5.41) is 19.9. The molecule has 14 nitrogen and oxygen atoms in total. The van der Waals surface area contributed by atoms with Crippen LogP contribution in [0.2, 0.25) is 0 Å². The first-order valence-corrected chi connectivity index (χ1v) is 11.9. The molecule has 0 unspecified atom stereocenters. The van der Waals surface area contributed by atoms with Crippen molar-refractivity contribution in [1.29, 1.82) is 0 Å². The van der Waals surface area contributed by atoms with Gasteiger partial charge in [0.1, 0.15) is 22.8 Å². The minimum atomic E-state index is -1.12. The molecule has 0 bridgehead atoms. The molecule has 14 heteroatoms. The van der Waals surface area contributed by atoms with E-state index in [-0.39, 0.29) is 23.0 Å². The molecular weight excluding hydrogens is 520 g/mol. The monoisotopic (exact) mass is 548 g/mol. The van der Waals surface area contributed by atoms with Gasteiger partial charge in [-0.1, -0.05) is 0 Å². The minimum Gasteiger partial charge on any atom is -0.477 e. The number of carboxylic acids is 1. The number of hydrogen-bond acceptors (Lipinski definition) is 5. The molecule has 0 spiro atoms. The van der Waals surface area contributed by atoms with Crippen LogP contribution in [0.4, 0.5) is 22.7 Å². The Morgan fingerprint density at radius 2 is 0.800 bits per heavy atom. The average Bonchev–Trinajstić information content (AvgIpc) is 3.59. The molecule has 4 rings (SSSR count). The summed E-state index contributed by atoms with van der Waals surface area (Å²) in [6, 6.07) is 5.88. The fourth-order valence-electron chi connectivity index (χ4n) is 4.21. The van der Waals surface area contributed by atoms with Gasteiger partial charge in [-0.25, -0.2) is 4.79 Å². The van der Waals surface area contributed by atoms with Crippen LogP contribution in [0.3, 0.4) is 0 Å². The predicted octanol–water partition coefficient (Wildman–Crippen LogP) is 2.45. The van der Waals surface area contributed by atoms with E-state index < -0.39 is 23.7 Å². The Hall–Kier alpha value is -5.53. The van der Waals surface area contributed by atoms with E-state index >= 15 is 0 Å². The number of anilines is 4. The summed E-state index contributed by atoms with van der Waals surface area (Å²) in [5.74, 6) is -2.76. The first kappa shape index (κ1) is 27.5. The maximum absolute atomic E-state index is 13.0. The van der Waals surface area contributed by atoms with Crippen molar-refractivity contribution in [3.05, 3.63) is 71.8 Å². The van der Waals surface area contributed by atoms with E-state index in [1.165, 1.54) is 40.5 Å². The molecule has 208 valence electrons. The second-order valence-corrected chi connectivity index (χ2v) is 9.25. The standard InChI is InChI=1S/C26H28N8O6/c1-14(35)27-15-6-19(31(2)10-15)23(36)28-16-7-20(32(3)11-16)24(37)29-17-8-21(33(4)12-17)25(38)30-18-9-22(26(39)40)34(5)13-18/h6-13H,1-5H3,(H,27,35)(H,28,36)(H,29,37)(H,30,38)(H,39,40). The SMILES string of the molecule is CC(=O)Nc1cc(C(=O)Nc2cc(C(=O)Nc3cc(C(=O)Nc4cc(C(=O)O)n(C)c4)n(C)c3)n(C)c2)n(C)c1. The van der Waals surface area contributed by atoms with Gasteiger partial charge in [0.15, 0.2) is 0 Å². The Kier molecular flexibility index (Phi) is 7.35. The fraction of sp³-hybridized carbons (Fsp3) is 0.192. The maximum atomic E-state index is 13.0. The summed E-state index contributed by atoms with van der Waals surface area (Å²) in [6.45, 7) is 1.37. The molecule has 4 aromatic rings. The molecule has 4 amide bonds. The minimum absolute atomic E-state index is 0.0201. The van der Waals surface area contributed by atoms with Gasteiger partial charge in [0, 0.05) is 59.9 Å². The highest BCUT2D eigenvalue weighted by atomic mass is 16.4. The predicted molar refractivity (Wildman–Crippen MR) is 147 cm³/mol. The van der Waals surface area contributed by atoms with Crippen molar-refractivity contribution in [3.8, 4) is 0 Å². The number of aryl methyl sites for hydroxylation is 4. The Morgan fingerprint density at radius 3 is 1.07 bits per heavy atom. The largest absolute Gasteiger partial charge is 0.477 e. The van der Waals surface area contributed by atoms with Gasteiger partial charge >= 0.3 is 5.97 Å². The highest BCUT2D eigenvalue weighted by molar-refractivity contribution is 6.08. The summed E-state index contributed by atoms with van der Waals surface area (Å²) in [6.07, 6.45) is 6.24. The zero-order valence-corrected chi connectivity index (χ0v) is 22.4. The Bertz CT molecular complexity index is 1670. The van der Waals surface area contributed by atoms with Crippen LogP contribution in [0.1, 0.15) is 48.9 Å². The van der Waals surface area contributed by atoms with Crippen LogP contribution >= 0.6 is 0 Å². The summed E-state index contributed by atoms with van der Waals surface area (Å²) in [5.41, 5.74) is 2.36. The second kappa shape index (κ2) is 10.7. The first-order valence-electron chi connectivity index (χ1n) is 11.9. The van der Waals surface area contributed by atoms with Crippen LogP contribution in [0, 0.1) is 0 Å². The van der Waals surface area contributed by atoms with E-state index in [4.69, 9.17) is 0 Å². The molecule has 0 saturated heterocycles. The third kappa shape index (κ3) is 5.80. The van der Waals surface area contributed by atoms with Gasteiger partial charge in [-0.3, -0.25) is 19.2 Å². The van der Waals surface area contributed by atoms with Crippen molar-refractivity contribution >= 4 is 52.3 Å². The van der Waals surface area contributed by atoms with Crippen molar-refractivity contribution in [2.45, 2.75) is 6.92 Å². The maximum Gasteiger partial charge on any atom is 0.352 e. The first-order chi connectivity index (χ1) is 18.8. The topological polar surface area (TPSA) is 173 Å². The molecular formula is C26H28N8O6. The van der Waals surface area contributed by atoms with Crippen LogP contribution in [-0.4, -0.2) is 53.0 Å². The normalized spacial score (nSPS) is 10.7. The number of nitrogens with zero attached hydrogens (tertiary/aromatic N) is 4. The third-order valence-corrected chi connectivity index (χ3v) is 6.03. The smallest absolute Gasteiger partial charge is 0.352 e. The molecule has 4 aromatic heterocycles.